The number of rotatable bonds is 5. The quantitative estimate of drug-likeness (QED) is 0.307. The molecule has 0 bridgehead atoms. The highest BCUT2D eigenvalue weighted by Crippen LogP contribution is 2.56. The van der Waals surface area contributed by atoms with Crippen molar-refractivity contribution in [2.45, 2.75) is 59.4 Å². The summed E-state index contributed by atoms with van der Waals surface area (Å²) in [5.41, 5.74) is -7.60. The van der Waals surface area contributed by atoms with Gasteiger partial charge in [0.15, 0.2) is 15.7 Å². The van der Waals surface area contributed by atoms with Crippen LogP contribution < -0.4 is 0 Å². The molecule has 1 aromatic heterocycles. The molecule has 0 radical (unpaired) electrons. The summed E-state index contributed by atoms with van der Waals surface area (Å²) in [4.78, 5) is 14.4. The summed E-state index contributed by atoms with van der Waals surface area (Å²) in [6.45, 7) is -0.0754. The predicted molar refractivity (Wildman–Crippen MR) is 136 cm³/mol. The van der Waals surface area contributed by atoms with E-state index in [1.807, 2.05) is 22.6 Å². The van der Waals surface area contributed by atoms with Crippen LogP contribution in [0.4, 0.5) is 30.7 Å². The zero-order valence-electron chi connectivity index (χ0n) is 20.6. The molecule has 1 saturated heterocycles. The summed E-state index contributed by atoms with van der Waals surface area (Å²) in [5, 5.41) is 12.9. The molecule has 0 spiro atoms. The van der Waals surface area contributed by atoms with E-state index in [0.717, 1.165) is 6.07 Å². The summed E-state index contributed by atoms with van der Waals surface area (Å²) < 4.78 is 123. The second-order valence-corrected chi connectivity index (χ2v) is 13.2. The maximum atomic E-state index is 14.9. The Morgan fingerprint density at radius 2 is 1.71 bits per heavy atom. The Kier molecular flexibility index (Phi) is 7.14. The highest BCUT2D eigenvalue weighted by atomic mass is 127. The van der Waals surface area contributed by atoms with Gasteiger partial charge in [-0.1, -0.05) is 18.2 Å². The van der Waals surface area contributed by atoms with Gasteiger partial charge in [0.2, 0.25) is 5.91 Å². The van der Waals surface area contributed by atoms with E-state index in [0.29, 0.717) is 15.7 Å². The Labute approximate surface area is 241 Å². The van der Waals surface area contributed by atoms with Gasteiger partial charge >= 0.3 is 18.0 Å². The fraction of sp³-hybridized carbons (Fsp3) is 0.417. The third kappa shape index (κ3) is 4.49. The first-order valence-corrected chi connectivity index (χ1v) is 14.6. The van der Waals surface area contributed by atoms with Gasteiger partial charge in [0.1, 0.15) is 4.75 Å². The molecule has 2 heterocycles. The number of H-pyrrole nitrogens is 1. The molecule has 2 aliphatic rings. The second kappa shape index (κ2) is 9.88. The lowest BCUT2D eigenvalue weighted by Gasteiger charge is -2.43. The molecule has 2 aromatic carbocycles. The summed E-state index contributed by atoms with van der Waals surface area (Å²) in [6.07, 6.45) is -13.5. The van der Waals surface area contributed by atoms with Crippen molar-refractivity contribution in [3.8, 4) is 0 Å². The highest BCUT2D eigenvalue weighted by Gasteiger charge is 2.73. The minimum Gasteiger partial charge on any atom is -0.337 e. The van der Waals surface area contributed by atoms with Gasteiger partial charge < -0.3 is 4.90 Å². The maximum absolute atomic E-state index is 14.9. The van der Waals surface area contributed by atoms with Crippen molar-refractivity contribution in [2.75, 3.05) is 6.54 Å². The first-order valence-electron chi connectivity index (χ1n) is 12.0. The summed E-state index contributed by atoms with van der Waals surface area (Å²) >= 11 is 1.97. The molecular formula is C24H19F7IN5O3S. The Morgan fingerprint density at radius 3 is 2.29 bits per heavy atom. The first kappa shape index (κ1) is 29.7. The van der Waals surface area contributed by atoms with E-state index in [9.17, 15) is 43.9 Å². The topological polar surface area (TPSA) is 109 Å². The molecule has 0 unspecified atom stereocenters. The van der Waals surface area contributed by atoms with Crippen LogP contribution in [-0.4, -0.2) is 64.8 Å². The van der Waals surface area contributed by atoms with Crippen LogP contribution in [0.1, 0.15) is 35.4 Å². The number of aryl methyl sites for hydroxylation is 1. The molecule has 220 valence electrons. The Morgan fingerprint density at radius 1 is 1.05 bits per heavy atom. The van der Waals surface area contributed by atoms with E-state index in [1.54, 1.807) is 0 Å². The van der Waals surface area contributed by atoms with Gasteiger partial charge in [0.25, 0.3) is 0 Å². The fourth-order valence-electron chi connectivity index (χ4n) is 5.85. The predicted octanol–water partition coefficient (Wildman–Crippen LogP) is 4.55. The van der Waals surface area contributed by atoms with Crippen LogP contribution in [0.25, 0.3) is 0 Å². The summed E-state index contributed by atoms with van der Waals surface area (Å²) in [6, 6.07) is 6.33. The SMILES string of the molecule is O=C(Cc1nnn[nH]1)N1CC[C@@]2(S(=O)(=O)c3ccc(I)cc3)c3ccc(C(F)(C(F)(F)F)C(F)(F)F)cc3CC[C@@H]12. The molecule has 8 nitrogen and oxygen atoms in total. The summed E-state index contributed by atoms with van der Waals surface area (Å²) in [7, 11) is -4.41. The lowest BCUT2D eigenvalue weighted by atomic mass is 9.76. The van der Waals surface area contributed by atoms with E-state index in [2.05, 4.69) is 20.6 Å². The zero-order chi connectivity index (χ0) is 30.0. The van der Waals surface area contributed by atoms with Gasteiger partial charge in [-0.25, -0.2) is 17.9 Å². The number of carbonyl (C=O) groups is 1. The number of carbonyl (C=O) groups excluding carboxylic acids is 1. The number of alkyl halides is 7. The zero-order valence-corrected chi connectivity index (χ0v) is 23.6. The smallest absolute Gasteiger partial charge is 0.337 e. The van der Waals surface area contributed by atoms with Crippen LogP contribution in [0, 0.1) is 3.57 Å². The molecule has 17 heteroatoms. The van der Waals surface area contributed by atoms with Crippen molar-refractivity contribution >= 4 is 38.3 Å². The molecule has 1 N–H and O–H groups in total. The normalized spacial score (nSPS) is 21.5. The Balaban J connectivity index is 1.67. The van der Waals surface area contributed by atoms with Gasteiger partial charge in [-0.05, 0) is 87.7 Å². The van der Waals surface area contributed by atoms with E-state index in [1.165, 1.54) is 29.2 Å². The first-order chi connectivity index (χ1) is 19.0. The van der Waals surface area contributed by atoms with Crippen LogP contribution >= 0.6 is 22.6 Å². The average molecular weight is 717 g/mol. The number of aromatic amines is 1. The Bertz CT molecular complexity index is 1570. The van der Waals surface area contributed by atoms with E-state index in [-0.39, 0.29) is 54.1 Å². The van der Waals surface area contributed by atoms with Gasteiger partial charge in [0.05, 0.1) is 17.4 Å². The number of sulfone groups is 1. The largest absolute Gasteiger partial charge is 0.435 e. The molecule has 41 heavy (non-hydrogen) atoms. The lowest BCUT2D eigenvalue weighted by Crippen LogP contribution is -2.53. The van der Waals surface area contributed by atoms with Crippen LogP contribution in [-0.2, 0) is 37.9 Å². The Hall–Kier alpha value is -2.83. The van der Waals surface area contributed by atoms with Gasteiger partial charge in [0, 0.05) is 15.7 Å². The number of amides is 1. The van der Waals surface area contributed by atoms with Crippen LogP contribution in [0.5, 0.6) is 0 Å². The van der Waals surface area contributed by atoms with E-state index < -0.39 is 50.1 Å². The van der Waals surface area contributed by atoms with Crippen LogP contribution in [0.3, 0.4) is 0 Å². The van der Waals surface area contributed by atoms with Crippen molar-refractivity contribution in [2.24, 2.45) is 0 Å². The van der Waals surface area contributed by atoms with Crippen molar-refractivity contribution < 1.29 is 43.9 Å². The number of nitrogens with one attached hydrogen (secondary N) is 1. The minimum atomic E-state index is -6.33. The molecule has 3 aromatic rings. The summed E-state index contributed by atoms with van der Waals surface area (Å²) in [5.74, 6) is -0.405. The molecule has 1 aliphatic heterocycles. The number of aromatic nitrogens is 4. The van der Waals surface area contributed by atoms with Gasteiger partial charge in [-0.3, -0.25) is 4.79 Å². The van der Waals surface area contributed by atoms with E-state index >= 15 is 0 Å². The molecule has 5 rings (SSSR count). The highest BCUT2D eigenvalue weighted by molar-refractivity contribution is 14.1. The van der Waals surface area contributed by atoms with Gasteiger partial charge in [-0.15, -0.1) is 5.10 Å². The molecule has 1 fully saturated rings. The molecule has 1 aliphatic carbocycles. The maximum Gasteiger partial charge on any atom is 0.435 e. The molecule has 2 atom stereocenters. The standard InChI is InChI=1S/C24H19F7IN5O3S/c25-22(23(26,27)28,24(29,30)31)14-2-7-17-13(11-14)1-8-18-21(17,41(39,40)16-5-3-15(32)4-6-16)9-10-37(18)20(38)12-19-33-35-36-34-19/h2-7,11,18H,1,8-10,12H2,(H,33,34,35,36)/t18-,21-/m1/s1. The molecule has 0 saturated carbocycles. The number of hydrogen-bond donors (Lipinski definition) is 1. The number of benzene rings is 2. The fourth-order valence-corrected chi connectivity index (χ4v) is 8.58. The van der Waals surface area contributed by atoms with E-state index in [4.69, 9.17) is 0 Å². The number of halogens is 8. The number of hydrogen-bond acceptors (Lipinski definition) is 6. The number of nitrogens with zero attached hydrogens (tertiary/aromatic N) is 4. The van der Waals surface area contributed by atoms with Gasteiger partial charge in [-0.2, -0.15) is 26.3 Å². The minimum absolute atomic E-state index is 0.0700. The molecular weight excluding hydrogens is 698 g/mol. The van der Waals surface area contributed by atoms with Crippen LogP contribution in [0.2, 0.25) is 0 Å². The van der Waals surface area contributed by atoms with Crippen molar-refractivity contribution in [3.63, 3.8) is 0 Å². The second-order valence-electron chi connectivity index (χ2n) is 9.79. The van der Waals surface area contributed by atoms with Crippen LogP contribution in [0.15, 0.2) is 47.4 Å². The third-order valence-electron chi connectivity index (χ3n) is 7.70. The monoisotopic (exact) mass is 717 g/mol. The number of likely N-dealkylation sites (tertiary alicyclic amines) is 1. The number of fused-ring (bicyclic) bond motifs is 3. The van der Waals surface area contributed by atoms with Crippen molar-refractivity contribution in [3.05, 3.63) is 68.5 Å². The molecule has 1 amide bonds. The lowest BCUT2D eigenvalue weighted by molar-refractivity contribution is -0.348. The average Bonchev–Trinajstić information content (AvgIpc) is 3.55. The third-order valence-corrected chi connectivity index (χ3v) is 11.0. The number of tetrazole rings is 1. The van der Waals surface area contributed by atoms with Crippen molar-refractivity contribution in [1.29, 1.82) is 0 Å². The van der Waals surface area contributed by atoms with Crippen molar-refractivity contribution in [1.82, 2.24) is 25.5 Å².